The first kappa shape index (κ1) is 19.4. The van der Waals surface area contributed by atoms with Crippen molar-refractivity contribution in [3.8, 4) is 5.75 Å². The van der Waals surface area contributed by atoms with Gasteiger partial charge >= 0.3 is 0 Å². The Morgan fingerprint density at radius 1 is 1.15 bits per heavy atom. The molecular formula is C22H28N2O3. The lowest BCUT2D eigenvalue weighted by molar-refractivity contribution is -0.133. The highest BCUT2D eigenvalue weighted by Crippen LogP contribution is 2.22. The molecule has 0 atom stereocenters. The number of hydrogen-bond acceptors (Lipinski definition) is 4. The van der Waals surface area contributed by atoms with E-state index in [1.54, 1.807) is 19.5 Å². The minimum absolute atomic E-state index is 0.216. The predicted molar refractivity (Wildman–Crippen MR) is 105 cm³/mol. The maximum Gasteiger partial charge on any atom is 0.224 e. The number of aromatic nitrogens is 1. The van der Waals surface area contributed by atoms with Gasteiger partial charge in [-0.25, -0.2) is 0 Å². The molecule has 3 rings (SSSR count). The smallest absolute Gasteiger partial charge is 0.224 e. The van der Waals surface area contributed by atoms with Crippen molar-refractivity contribution < 1.29 is 14.3 Å². The summed E-state index contributed by atoms with van der Waals surface area (Å²) >= 11 is 0. The monoisotopic (exact) mass is 368 g/mol. The number of pyridine rings is 1. The number of hydrogen-bond donors (Lipinski definition) is 0. The van der Waals surface area contributed by atoms with Gasteiger partial charge in [-0.05, 0) is 48.4 Å². The van der Waals surface area contributed by atoms with Gasteiger partial charge in [0.25, 0.3) is 0 Å². The van der Waals surface area contributed by atoms with Crippen molar-refractivity contribution in [2.24, 2.45) is 5.92 Å². The van der Waals surface area contributed by atoms with E-state index in [4.69, 9.17) is 9.47 Å². The highest BCUT2D eigenvalue weighted by atomic mass is 16.5. The summed E-state index contributed by atoms with van der Waals surface area (Å²) in [7, 11) is 1.63. The van der Waals surface area contributed by atoms with Gasteiger partial charge < -0.3 is 14.4 Å². The second-order valence-corrected chi connectivity index (χ2v) is 7.06. The summed E-state index contributed by atoms with van der Waals surface area (Å²) in [5.74, 6) is 1.65. The molecule has 0 N–H and O–H groups in total. The number of piperidine rings is 1. The number of nitrogens with zero attached hydrogens (tertiary/aromatic N) is 2. The second-order valence-electron chi connectivity index (χ2n) is 7.06. The topological polar surface area (TPSA) is 51.7 Å². The first-order chi connectivity index (χ1) is 13.2. The van der Waals surface area contributed by atoms with E-state index in [0.29, 0.717) is 25.6 Å². The maximum absolute atomic E-state index is 12.1. The third kappa shape index (κ3) is 6.07. The van der Waals surface area contributed by atoms with Gasteiger partial charge in [-0.1, -0.05) is 24.3 Å². The number of rotatable bonds is 8. The number of carbonyl (C=O) groups excluding carboxylic acids is 1. The number of amides is 1. The van der Waals surface area contributed by atoms with Crippen LogP contribution in [0.5, 0.6) is 5.75 Å². The Balaban J connectivity index is 1.42. The molecule has 5 nitrogen and oxygen atoms in total. The van der Waals surface area contributed by atoms with Crippen LogP contribution >= 0.6 is 0 Å². The minimum atomic E-state index is 0.216. The van der Waals surface area contributed by atoms with Gasteiger partial charge in [0.15, 0.2) is 0 Å². The van der Waals surface area contributed by atoms with Crippen LogP contribution in [0.2, 0.25) is 0 Å². The van der Waals surface area contributed by atoms with Crippen LogP contribution in [0.25, 0.3) is 0 Å². The predicted octanol–water partition coefficient (Wildman–Crippen LogP) is 3.48. The van der Waals surface area contributed by atoms with E-state index in [1.807, 2.05) is 17.0 Å². The molecule has 1 amide bonds. The van der Waals surface area contributed by atoms with E-state index in [-0.39, 0.29) is 5.91 Å². The zero-order valence-corrected chi connectivity index (χ0v) is 16.0. The molecule has 0 aliphatic carbocycles. The number of benzene rings is 1. The zero-order valence-electron chi connectivity index (χ0n) is 16.0. The lowest BCUT2D eigenvalue weighted by Gasteiger charge is -2.32. The summed E-state index contributed by atoms with van der Waals surface area (Å²) in [6.45, 7) is 2.79. The standard InChI is InChI=1S/C22H28N2O3/c1-26-14-10-22(25)24-12-8-19(9-13-24)15-18-4-6-20(7-5-18)17-27-21-3-2-11-23-16-21/h2-7,11,16,19H,8-10,12-15,17H2,1H3. The molecule has 144 valence electrons. The zero-order chi connectivity index (χ0) is 18.9. The quantitative estimate of drug-likeness (QED) is 0.716. The average Bonchev–Trinajstić information content (AvgIpc) is 2.73. The molecule has 2 heterocycles. The van der Waals surface area contributed by atoms with Crippen molar-refractivity contribution in [3.63, 3.8) is 0 Å². The van der Waals surface area contributed by atoms with Crippen molar-refractivity contribution in [1.82, 2.24) is 9.88 Å². The van der Waals surface area contributed by atoms with Crippen molar-refractivity contribution in [2.45, 2.75) is 32.3 Å². The molecule has 0 bridgehead atoms. The van der Waals surface area contributed by atoms with Crippen LogP contribution in [0.1, 0.15) is 30.4 Å². The van der Waals surface area contributed by atoms with E-state index < -0.39 is 0 Å². The number of methoxy groups -OCH3 is 1. The Hall–Kier alpha value is -2.40. The first-order valence-corrected chi connectivity index (χ1v) is 9.62. The van der Waals surface area contributed by atoms with Gasteiger partial charge in [0.2, 0.25) is 5.91 Å². The molecule has 1 aliphatic rings. The van der Waals surface area contributed by atoms with Crippen molar-refractivity contribution in [2.75, 3.05) is 26.8 Å². The van der Waals surface area contributed by atoms with Gasteiger partial charge in [-0.3, -0.25) is 9.78 Å². The molecule has 1 aromatic heterocycles. The molecule has 0 unspecified atom stereocenters. The Labute approximate surface area is 161 Å². The lowest BCUT2D eigenvalue weighted by atomic mass is 9.90. The van der Waals surface area contributed by atoms with Crippen LogP contribution in [0.15, 0.2) is 48.8 Å². The molecule has 1 fully saturated rings. The Morgan fingerprint density at radius 2 is 1.89 bits per heavy atom. The number of ether oxygens (including phenoxy) is 2. The Kier molecular flexibility index (Phi) is 7.22. The first-order valence-electron chi connectivity index (χ1n) is 9.62. The lowest BCUT2D eigenvalue weighted by Crippen LogP contribution is -2.39. The summed E-state index contributed by atoms with van der Waals surface area (Å²) in [5, 5.41) is 0. The molecule has 1 aliphatic heterocycles. The van der Waals surface area contributed by atoms with Crippen LogP contribution in [-0.4, -0.2) is 42.6 Å². The van der Waals surface area contributed by atoms with E-state index in [1.165, 1.54) is 5.56 Å². The molecule has 5 heteroatoms. The summed E-state index contributed by atoms with van der Waals surface area (Å²) in [6, 6.07) is 12.4. The Bertz CT molecular complexity index is 695. The van der Waals surface area contributed by atoms with Crippen molar-refractivity contribution in [3.05, 3.63) is 59.9 Å². The molecule has 0 spiro atoms. The average molecular weight is 368 g/mol. The fourth-order valence-corrected chi connectivity index (χ4v) is 3.44. The van der Waals surface area contributed by atoms with E-state index in [9.17, 15) is 4.79 Å². The third-order valence-electron chi connectivity index (χ3n) is 5.07. The van der Waals surface area contributed by atoms with Gasteiger partial charge in [0.1, 0.15) is 12.4 Å². The van der Waals surface area contributed by atoms with Crippen LogP contribution < -0.4 is 4.74 Å². The van der Waals surface area contributed by atoms with Gasteiger partial charge in [0.05, 0.1) is 19.2 Å². The van der Waals surface area contributed by atoms with Gasteiger partial charge in [-0.15, -0.1) is 0 Å². The van der Waals surface area contributed by atoms with Crippen LogP contribution in [-0.2, 0) is 22.6 Å². The van der Waals surface area contributed by atoms with Crippen LogP contribution in [0.4, 0.5) is 0 Å². The van der Waals surface area contributed by atoms with Crippen molar-refractivity contribution in [1.29, 1.82) is 0 Å². The van der Waals surface area contributed by atoms with E-state index in [0.717, 1.165) is 43.7 Å². The van der Waals surface area contributed by atoms with E-state index in [2.05, 4.69) is 29.2 Å². The van der Waals surface area contributed by atoms with Crippen molar-refractivity contribution >= 4 is 5.91 Å². The highest BCUT2D eigenvalue weighted by Gasteiger charge is 2.22. The second kappa shape index (κ2) is 10.1. The molecule has 1 saturated heterocycles. The summed E-state index contributed by atoms with van der Waals surface area (Å²) in [6.07, 6.45) is 7.17. The normalized spacial score (nSPS) is 14.9. The fraction of sp³-hybridized carbons (Fsp3) is 0.455. The fourth-order valence-electron chi connectivity index (χ4n) is 3.44. The maximum atomic E-state index is 12.1. The van der Waals surface area contributed by atoms with Gasteiger partial charge in [-0.2, -0.15) is 0 Å². The third-order valence-corrected chi connectivity index (χ3v) is 5.07. The molecule has 0 radical (unpaired) electrons. The molecular weight excluding hydrogens is 340 g/mol. The summed E-state index contributed by atoms with van der Waals surface area (Å²) in [4.78, 5) is 18.1. The summed E-state index contributed by atoms with van der Waals surface area (Å²) < 4.78 is 10.7. The molecule has 0 saturated carbocycles. The number of carbonyl (C=O) groups is 1. The Morgan fingerprint density at radius 3 is 2.56 bits per heavy atom. The largest absolute Gasteiger partial charge is 0.487 e. The molecule has 2 aromatic rings. The minimum Gasteiger partial charge on any atom is -0.487 e. The molecule has 27 heavy (non-hydrogen) atoms. The number of likely N-dealkylation sites (tertiary alicyclic amines) is 1. The molecule has 1 aromatic carbocycles. The van der Waals surface area contributed by atoms with Gasteiger partial charge in [0, 0.05) is 26.4 Å². The van der Waals surface area contributed by atoms with Crippen LogP contribution in [0, 0.1) is 5.92 Å². The highest BCUT2D eigenvalue weighted by molar-refractivity contribution is 5.76. The SMILES string of the molecule is COCCC(=O)N1CCC(Cc2ccc(COc3cccnc3)cc2)CC1. The summed E-state index contributed by atoms with van der Waals surface area (Å²) in [5.41, 5.74) is 2.51. The van der Waals surface area contributed by atoms with Crippen LogP contribution in [0.3, 0.4) is 0 Å². The van der Waals surface area contributed by atoms with E-state index >= 15 is 0 Å².